The van der Waals surface area contributed by atoms with Gasteiger partial charge in [0, 0.05) is 25.9 Å². The van der Waals surface area contributed by atoms with Crippen LogP contribution < -0.4 is 5.32 Å². The Morgan fingerprint density at radius 2 is 2.50 bits per heavy atom. The summed E-state index contributed by atoms with van der Waals surface area (Å²) in [5.74, 6) is 1.53. The molecule has 0 aromatic heterocycles. The molecule has 2 aliphatic heterocycles. The Hall–Kier alpha value is -1.32. The third-order valence-corrected chi connectivity index (χ3v) is 2.73. The summed E-state index contributed by atoms with van der Waals surface area (Å²) >= 11 is 0. The highest BCUT2D eigenvalue weighted by atomic mass is 15.2. The predicted octanol–water partition coefficient (Wildman–Crippen LogP) is 0.828. The minimum absolute atomic E-state index is 0.205. The van der Waals surface area contributed by atoms with Crippen molar-refractivity contribution in [2.45, 2.75) is 19.5 Å². The quantitative estimate of drug-likeness (QED) is 0.668. The number of aliphatic imine (C=N–C) groups is 2. The van der Waals surface area contributed by atoms with E-state index in [0.29, 0.717) is 5.92 Å². The minimum Gasteiger partial charge on any atom is -0.370 e. The maximum Gasteiger partial charge on any atom is 0.121 e. The highest BCUT2D eigenvalue weighted by Gasteiger charge is 2.24. The molecule has 76 valence electrons. The van der Waals surface area contributed by atoms with Gasteiger partial charge in [-0.1, -0.05) is 6.08 Å². The number of hydrogen-bond donors (Lipinski definition) is 1. The van der Waals surface area contributed by atoms with Gasteiger partial charge in [-0.05, 0) is 13.1 Å². The molecule has 0 spiro atoms. The van der Waals surface area contributed by atoms with E-state index in [1.807, 2.05) is 6.20 Å². The van der Waals surface area contributed by atoms with Crippen LogP contribution in [-0.4, -0.2) is 36.8 Å². The number of rotatable bonds is 1. The van der Waals surface area contributed by atoms with Gasteiger partial charge in [0.15, 0.2) is 0 Å². The van der Waals surface area contributed by atoms with Crippen LogP contribution in [0, 0.1) is 5.92 Å². The lowest BCUT2D eigenvalue weighted by Crippen LogP contribution is -2.37. The predicted molar refractivity (Wildman–Crippen MR) is 58.4 cm³/mol. The van der Waals surface area contributed by atoms with E-state index in [0.717, 1.165) is 18.8 Å². The van der Waals surface area contributed by atoms with E-state index in [1.54, 1.807) is 6.34 Å². The first-order valence-corrected chi connectivity index (χ1v) is 5.04. The van der Waals surface area contributed by atoms with Crippen molar-refractivity contribution in [3.05, 3.63) is 12.3 Å². The molecule has 0 radical (unpaired) electrons. The highest BCUT2D eigenvalue weighted by Crippen LogP contribution is 2.19. The zero-order valence-corrected chi connectivity index (χ0v) is 8.64. The molecule has 0 aliphatic carbocycles. The van der Waals surface area contributed by atoms with Gasteiger partial charge in [0.25, 0.3) is 0 Å². The lowest BCUT2D eigenvalue weighted by atomic mass is 9.99. The molecule has 0 aromatic rings. The average Bonchev–Trinajstić information content (AvgIpc) is 2.36. The van der Waals surface area contributed by atoms with Gasteiger partial charge in [0.2, 0.25) is 0 Å². The molecule has 0 aromatic carbocycles. The fourth-order valence-electron chi connectivity index (χ4n) is 1.78. The molecule has 2 rings (SSSR count). The van der Waals surface area contributed by atoms with E-state index in [1.165, 1.54) is 0 Å². The molecular weight excluding hydrogens is 176 g/mol. The van der Waals surface area contributed by atoms with Crippen LogP contribution in [0.3, 0.4) is 0 Å². The van der Waals surface area contributed by atoms with Gasteiger partial charge < -0.3 is 10.2 Å². The third kappa shape index (κ3) is 1.64. The molecule has 14 heavy (non-hydrogen) atoms. The van der Waals surface area contributed by atoms with Crippen molar-refractivity contribution >= 4 is 12.2 Å². The second-order valence-corrected chi connectivity index (χ2v) is 3.65. The molecule has 4 heteroatoms. The summed E-state index contributed by atoms with van der Waals surface area (Å²) in [4.78, 5) is 10.9. The molecule has 2 aliphatic rings. The van der Waals surface area contributed by atoms with Crippen LogP contribution in [0.4, 0.5) is 0 Å². The third-order valence-electron chi connectivity index (χ3n) is 2.73. The monoisotopic (exact) mass is 192 g/mol. The van der Waals surface area contributed by atoms with E-state index in [4.69, 9.17) is 0 Å². The average molecular weight is 192 g/mol. The summed E-state index contributed by atoms with van der Waals surface area (Å²) < 4.78 is 0. The normalized spacial score (nSPS) is 29.1. The lowest BCUT2D eigenvalue weighted by molar-refractivity contribution is 0.460. The molecular formula is C10H16N4. The Morgan fingerprint density at radius 1 is 1.64 bits per heavy atom. The molecule has 4 nitrogen and oxygen atoms in total. The van der Waals surface area contributed by atoms with E-state index in [9.17, 15) is 0 Å². The molecule has 2 bridgehead atoms. The van der Waals surface area contributed by atoms with Crippen LogP contribution in [0.1, 0.15) is 13.3 Å². The lowest BCUT2D eigenvalue weighted by Gasteiger charge is -2.27. The van der Waals surface area contributed by atoms with Crippen LogP contribution in [0.2, 0.25) is 0 Å². The van der Waals surface area contributed by atoms with Crippen molar-refractivity contribution < 1.29 is 0 Å². The molecule has 2 unspecified atom stereocenters. The number of nitrogens with one attached hydrogen (secondary N) is 1. The maximum absolute atomic E-state index is 4.40. The maximum atomic E-state index is 4.40. The van der Waals surface area contributed by atoms with E-state index >= 15 is 0 Å². The van der Waals surface area contributed by atoms with Crippen LogP contribution in [0.25, 0.3) is 0 Å². The Bertz CT molecular complexity index is 292. The van der Waals surface area contributed by atoms with E-state index in [2.05, 4.69) is 40.2 Å². The van der Waals surface area contributed by atoms with E-state index < -0.39 is 0 Å². The SMILES string of the molecule is CCN(C)C1=NC=NC2CC1C=CN2. The largest absolute Gasteiger partial charge is 0.370 e. The summed E-state index contributed by atoms with van der Waals surface area (Å²) in [5, 5.41) is 3.20. The summed E-state index contributed by atoms with van der Waals surface area (Å²) in [5.41, 5.74) is 0. The highest BCUT2D eigenvalue weighted by molar-refractivity contribution is 5.92. The van der Waals surface area contributed by atoms with Crippen molar-refractivity contribution in [1.82, 2.24) is 10.2 Å². The Balaban J connectivity index is 2.23. The summed E-state index contributed by atoms with van der Waals surface area (Å²) in [6.07, 6.45) is 7.04. The first-order chi connectivity index (χ1) is 6.81. The van der Waals surface area contributed by atoms with Gasteiger partial charge in [0.1, 0.15) is 18.3 Å². The molecule has 0 saturated heterocycles. The summed E-state index contributed by atoms with van der Waals surface area (Å²) in [6.45, 7) is 3.11. The zero-order valence-electron chi connectivity index (χ0n) is 8.64. The molecule has 2 atom stereocenters. The first-order valence-electron chi connectivity index (χ1n) is 5.04. The van der Waals surface area contributed by atoms with Crippen LogP contribution in [-0.2, 0) is 0 Å². The molecule has 2 heterocycles. The van der Waals surface area contributed by atoms with Gasteiger partial charge in [-0.15, -0.1) is 0 Å². The molecule has 0 amide bonds. The fraction of sp³-hybridized carbons (Fsp3) is 0.600. The van der Waals surface area contributed by atoms with Gasteiger partial charge >= 0.3 is 0 Å². The Morgan fingerprint density at radius 3 is 3.29 bits per heavy atom. The first kappa shape index (κ1) is 9.24. The summed E-state index contributed by atoms with van der Waals surface area (Å²) in [7, 11) is 2.07. The Kier molecular flexibility index (Phi) is 2.52. The number of nitrogens with zero attached hydrogens (tertiary/aromatic N) is 3. The number of hydrogen-bond acceptors (Lipinski definition) is 4. The second-order valence-electron chi connectivity index (χ2n) is 3.65. The zero-order chi connectivity index (χ0) is 9.97. The van der Waals surface area contributed by atoms with Crippen LogP contribution in [0.5, 0.6) is 0 Å². The van der Waals surface area contributed by atoms with Gasteiger partial charge in [-0.2, -0.15) is 0 Å². The standard InChI is InChI=1S/C10H16N4/c1-3-14(2)10-8-4-5-11-9(6-8)12-7-13-10/h4-5,7-9,11H,3,6H2,1-2H3. The van der Waals surface area contributed by atoms with Crippen molar-refractivity contribution in [3.8, 4) is 0 Å². The van der Waals surface area contributed by atoms with Crippen molar-refractivity contribution in [2.24, 2.45) is 15.9 Å². The van der Waals surface area contributed by atoms with Gasteiger partial charge in [0.05, 0.1) is 0 Å². The smallest absolute Gasteiger partial charge is 0.121 e. The number of amidine groups is 1. The molecule has 0 fully saturated rings. The number of fused-ring (bicyclic) bond motifs is 2. The topological polar surface area (TPSA) is 40.0 Å². The van der Waals surface area contributed by atoms with Gasteiger partial charge in [-0.3, -0.25) is 0 Å². The van der Waals surface area contributed by atoms with Crippen molar-refractivity contribution in [3.63, 3.8) is 0 Å². The Labute approximate surface area is 84.4 Å². The fourth-order valence-corrected chi connectivity index (χ4v) is 1.78. The van der Waals surface area contributed by atoms with Crippen molar-refractivity contribution in [1.29, 1.82) is 0 Å². The molecule has 0 saturated carbocycles. The van der Waals surface area contributed by atoms with Crippen LogP contribution in [0.15, 0.2) is 22.3 Å². The summed E-state index contributed by atoms with van der Waals surface area (Å²) in [6, 6.07) is 0. The second kappa shape index (κ2) is 3.82. The minimum atomic E-state index is 0.205. The van der Waals surface area contributed by atoms with E-state index in [-0.39, 0.29) is 6.17 Å². The van der Waals surface area contributed by atoms with Crippen molar-refractivity contribution in [2.75, 3.05) is 13.6 Å². The van der Waals surface area contributed by atoms with Gasteiger partial charge in [-0.25, -0.2) is 9.98 Å². The van der Waals surface area contributed by atoms with Crippen LogP contribution >= 0.6 is 0 Å². The molecule has 1 N–H and O–H groups in total.